The molecule has 4 rings (SSSR count). The second-order valence-corrected chi connectivity index (χ2v) is 6.31. The molecule has 0 aliphatic rings. The van der Waals surface area contributed by atoms with E-state index in [0.717, 1.165) is 27.3 Å². The van der Waals surface area contributed by atoms with Gasteiger partial charge in [-0.3, -0.25) is 0 Å². The topological polar surface area (TPSA) is 29.5 Å². The van der Waals surface area contributed by atoms with Gasteiger partial charge in [0.2, 0.25) is 0 Å². The van der Waals surface area contributed by atoms with Crippen LogP contribution in [-0.4, -0.2) is 5.11 Å². The number of rotatable bonds is 4. The molecule has 0 fully saturated rings. The Hall–Kier alpha value is -2.68. The standard InChI is InChI=1S/C23H20O2/c1-16(17-8-3-2-4-9-17)25-23(24)21-13-7-12-20-14-18-10-5-6-11-19(18)15-22(20)21/h2-16,23-24H,1H3. The fourth-order valence-electron chi connectivity index (χ4n) is 3.28. The summed E-state index contributed by atoms with van der Waals surface area (Å²) in [6.45, 7) is 1.96. The fraction of sp³-hybridized carbons (Fsp3) is 0.130. The van der Waals surface area contributed by atoms with Crippen LogP contribution < -0.4 is 0 Å². The van der Waals surface area contributed by atoms with Crippen LogP contribution >= 0.6 is 0 Å². The fourth-order valence-corrected chi connectivity index (χ4v) is 3.28. The third kappa shape index (κ3) is 3.14. The first-order chi connectivity index (χ1) is 12.2. The Morgan fingerprint density at radius 2 is 1.36 bits per heavy atom. The summed E-state index contributed by atoms with van der Waals surface area (Å²) in [5.74, 6) is 0. The maximum absolute atomic E-state index is 10.7. The molecule has 0 aliphatic carbocycles. The van der Waals surface area contributed by atoms with Crippen LogP contribution in [0.2, 0.25) is 0 Å². The second-order valence-electron chi connectivity index (χ2n) is 6.31. The van der Waals surface area contributed by atoms with Crippen molar-refractivity contribution in [2.75, 3.05) is 0 Å². The quantitative estimate of drug-likeness (QED) is 0.381. The Balaban J connectivity index is 1.71. The molecule has 4 aromatic rings. The van der Waals surface area contributed by atoms with Gasteiger partial charge < -0.3 is 9.84 Å². The molecule has 4 aromatic carbocycles. The zero-order valence-electron chi connectivity index (χ0n) is 14.1. The third-order valence-corrected chi connectivity index (χ3v) is 4.65. The number of hydrogen-bond donors (Lipinski definition) is 1. The Kier molecular flexibility index (Phi) is 4.22. The number of fused-ring (bicyclic) bond motifs is 2. The Labute approximate surface area is 147 Å². The van der Waals surface area contributed by atoms with Gasteiger partial charge in [-0.1, -0.05) is 72.8 Å². The Morgan fingerprint density at radius 1 is 0.720 bits per heavy atom. The summed E-state index contributed by atoms with van der Waals surface area (Å²) < 4.78 is 5.90. The van der Waals surface area contributed by atoms with Crippen molar-refractivity contribution in [2.24, 2.45) is 0 Å². The molecule has 0 bridgehead atoms. The lowest BCUT2D eigenvalue weighted by Gasteiger charge is -2.20. The van der Waals surface area contributed by atoms with Gasteiger partial charge in [-0.2, -0.15) is 0 Å². The molecular weight excluding hydrogens is 308 g/mol. The zero-order valence-corrected chi connectivity index (χ0v) is 14.1. The Bertz CT molecular complexity index is 1010. The predicted octanol–water partition coefficient (Wildman–Crippen LogP) is 5.76. The largest absolute Gasteiger partial charge is 0.364 e. The minimum atomic E-state index is -0.972. The van der Waals surface area contributed by atoms with Crippen LogP contribution in [0, 0.1) is 0 Å². The van der Waals surface area contributed by atoms with Gasteiger partial charge in [0.05, 0.1) is 6.10 Å². The normalized spacial score (nSPS) is 13.8. The van der Waals surface area contributed by atoms with Gasteiger partial charge in [0.1, 0.15) is 0 Å². The molecule has 0 radical (unpaired) electrons. The minimum Gasteiger partial charge on any atom is -0.364 e. The van der Waals surface area contributed by atoms with Crippen molar-refractivity contribution in [1.82, 2.24) is 0 Å². The molecule has 0 amide bonds. The van der Waals surface area contributed by atoms with Gasteiger partial charge in [-0.15, -0.1) is 0 Å². The summed E-state index contributed by atoms with van der Waals surface area (Å²) in [5.41, 5.74) is 1.85. The average Bonchev–Trinajstić information content (AvgIpc) is 2.66. The summed E-state index contributed by atoms with van der Waals surface area (Å²) in [5, 5.41) is 15.2. The molecule has 2 atom stereocenters. The van der Waals surface area contributed by atoms with E-state index in [1.54, 1.807) is 0 Å². The van der Waals surface area contributed by atoms with E-state index in [1.807, 2.05) is 61.5 Å². The molecule has 124 valence electrons. The van der Waals surface area contributed by atoms with E-state index < -0.39 is 6.29 Å². The van der Waals surface area contributed by atoms with E-state index in [0.29, 0.717) is 0 Å². The van der Waals surface area contributed by atoms with Crippen LogP contribution in [0.25, 0.3) is 21.5 Å². The molecule has 2 heteroatoms. The van der Waals surface area contributed by atoms with Crippen LogP contribution in [0.5, 0.6) is 0 Å². The van der Waals surface area contributed by atoms with Crippen LogP contribution in [0.3, 0.4) is 0 Å². The van der Waals surface area contributed by atoms with E-state index >= 15 is 0 Å². The average molecular weight is 328 g/mol. The van der Waals surface area contributed by atoms with E-state index in [-0.39, 0.29) is 6.10 Å². The summed E-state index contributed by atoms with van der Waals surface area (Å²) in [4.78, 5) is 0. The van der Waals surface area contributed by atoms with Crippen LogP contribution in [0.1, 0.15) is 30.4 Å². The van der Waals surface area contributed by atoms with Gasteiger partial charge in [0.25, 0.3) is 0 Å². The lowest BCUT2D eigenvalue weighted by atomic mass is 9.99. The van der Waals surface area contributed by atoms with Gasteiger partial charge in [-0.05, 0) is 46.2 Å². The molecule has 0 aromatic heterocycles. The first-order valence-corrected chi connectivity index (χ1v) is 8.52. The molecule has 0 saturated heterocycles. The molecule has 0 heterocycles. The summed E-state index contributed by atoms with van der Waals surface area (Å²) >= 11 is 0. The highest BCUT2D eigenvalue weighted by molar-refractivity contribution is 5.99. The highest BCUT2D eigenvalue weighted by atomic mass is 16.6. The molecule has 0 aliphatic heterocycles. The third-order valence-electron chi connectivity index (χ3n) is 4.65. The first kappa shape index (κ1) is 15.8. The predicted molar refractivity (Wildman–Crippen MR) is 102 cm³/mol. The maximum atomic E-state index is 10.7. The summed E-state index contributed by atoms with van der Waals surface area (Å²) in [6, 6.07) is 28.4. The first-order valence-electron chi connectivity index (χ1n) is 8.52. The van der Waals surface area contributed by atoms with Gasteiger partial charge >= 0.3 is 0 Å². The van der Waals surface area contributed by atoms with Crippen molar-refractivity contribution in [3.8, 4) is 0 Å². The molecule has 2 nitrogen and oxygen atoms in total. The van der Waals surface area contributed by atoms with Crippen molar-refractivity contribution >= 4 is 21.5 Å². The minimum absolute atomic E-state index is 0.188. The number of benzene rings is 4. The number of hydrogen-bond acceptors (Lipinski definition) is 2. The van der Waals surface area contributed by atoms with Crippen molar-refractivity contribution < 1.29 is 9.84 Å². The van der Waals surface area contributed by atoms with Crippen LogP contribution in [0.15, 0.2) is 84.9 Å². The second kappa shape index (κ2) is 6.67. The van der Waals surface area contributed by atoms with E-state index in [9.17, 15) is 5.11 Å². The van der Waals surface area contributed by atoms with Crippen molar-refractivity contribution in [3.63, 3.8) is 0 Å². The monoisotopic (exact) mass is 328 g/mol. The molecule has 0 spiro atoms. The van der Waals surface area contributed by atoms with Crippen molar-refractivity contribution in [3.05, 3.63) is 96.1 Å². The number of ether oxygens (including phenoxy) is 1. The maximum Gasteiger partial charge on any atom is 0.182 e. The van der Waals surface area contributed by atoms with E-state index in [2.05, 4.69) is 30.3 Å². The SMILES string of the molecule is CC(OC(O)c1cccc2cc3ccccc3cc12)c1ccccc1. The van der Waals surface area contributed by atoms with Gasteiger partial charge in [-0.25, -0.2) is 0 Å². The molecule has 25 heavy (non-hydrogen) atoms. The lowest BCUT2D eigenvalue weighted by molar-refractivity contribution is -0.135. The molecule has 1 N–H and O–H groups in total. The molecular formula is C23H20O2. The van der Waals surface area contributed by atoms with E-state index in [1.165, 1.54) is 5.39 Å². The highest BCUT2D eigenvalue weighted by Gasteiger charge is 2.16. The highest BCUT2D eigenvalue weighted by Crippen LogP contribution is 2.31. The lowest BCUT2D eigenvalue weighted by Crippen LogP contribution is -2.08. The molecule has 0 saturated carbocycles. The zero-order chi connectivity index (χ0) is 17.2. The van der Waals surface area contributed by atoms with Crippen molar-refractivity contribution in [2.45, 2.75) is 19.3 Å². The van der Waals surface area contributed by atoms with Gasteiger partial charge in [0.15, 0.2) is 6.29 Å². The summed E-state index contributed by atoms with van der Waals surface area (Å²) in [6.07, 6.45) is -1.16. The Morgan fingerprint density at radius 3 is 2.12 bits per heavy atom. The smallest absolute Gasteiger partial charge is 0.182 e. The van der Waals surface area contributed by atoms with E-state index in [4.69, 9.17) is 4.74 Å². The molecule has 2 unspecified atom stereocenters. The van der Waals surface area contributed by atoms with Crippen molar-refractivity contribution in [1.29, 1.82) is 0 Å². The van der Waals surface area contributed by atoms with Crippen LogP contribution in [0.4, 0.5) is 0 Å². The summed E-state index contributed by atoms with van der Waals surface area (Å²) in [7, 11) is 0. The number of aliphatic hydroxyl groups excluding tert-OH is 1. The van der Waals surface area contributed by atoms with Gasteiger partial charge in [0, 0.05) is 5.56 Å². The number of aliphatic hydroxyl groups is 1. The van der Waals surface area contributed by atoms with Crippen LogP contribution in [-0.2, 0) is 4.74 Å².